The highest BCUT2D eigenvalue weighted by Crippen LogP contribution is 1.95. The Hall–Kier alpha value is -1.36. The molecule has 0 aliphatic carbocycles. The van der Waals surface area contributed by atoms with Gasteiger partial charge in [0.2, 0.25) is 5.91 Å². The SMILES string of the molecule is C=CC(N)=O.C=CCN.C=CC[N+](C)(C)CC=C.[Cl-]. The number of hydrogen-bond donors (Lipinski definition) is 2. The van der Waals surface area contributed by atoms with Gasteiger partial charge in [-0.05, 0) is 18.2 Å². The lowest BCUT2D eigenvalue weighted by Gasteiger charge is -2.26. The minimum absolute atomic E-state index is 0. The van der Waals surface area contributed by atoms with Crippen LogP contribution < -0.4 is 23.9 Å². The van der Waals surface area contributed by atoms with E-state index in [1.807, 2.05) is 12.2 Å². The number of halogens is 1. The van der Waals surface area contributed by atoms with Gasteiger partial charge in [-0.2, -0.15) is 0 Å². The summed E-state index contributed by atoms with van der Waals surface area (Å²) in [5.74, 6) is -0.481. The Kier molecular flexibility index (Phi) is 26.2. The zero-order valence-electron chi connectivity index (χ0n) is 12.1. The molecule has 0 saturated heterocycles. The summed E-state index contributed by atoms with van der Waals surface area (Å²) in [5.41, 5.74) is 9.44. The molecular weight excluding hydrogens is 262 g/mol. The van der Waals surface area contributed by atoms with Crippen molar-refractivity contribution in [2.24, 2.45) is 11.5 Å². The lowest BCUT2D eigenvalue weighted by atomic mass is 10.4. The Labute approximate surface area is 124 Å². The number of quaternary nitrogens is 1. The highest BCUT2D eigenvalue weighted by atomic mass is 35.5. The molecule has 4 nitrogen and oxygen atoms in total. The maximum absolute atomic E-state index is 9.47. The summed E-state index contributed by atoms with van der Waals surface area (Å²) in [6.07, 6.45) is 6.58. The van der Waals surface area contributed by atoms with Crippen LogP contribution in [0.25, 0.3) is 0 Å². The van der Waals surface area contributed by atoms with E-state index in [-0.39, 0.29) is 12.4 Å². The van der Waals surface area contributed by atoms with Gasteiger partial charge in [0.05, 0.1) is 27.2 Å². The number of primary amides is 1. The smallest absolute Gasteiger partial charge is 0.240 e. The topological polar surface area (TPSA) is 69.1 Å². The third-order valence-electron chi connectivity index (χ3n) is 1.61. The number of nitrogens with two attached hydrogens (primary N) is 2. The summed E-state index contributed by atoms with van der Waals surface area (Å²) in [5, 5.41) is 0. The van der Waals surface area contributed by atoms with Gasteiger partial charge in [-0.25, -0.2) is 0 Å². The number of amides is 1. The van der Waals surface area contributed by atoms with E-state index >= 15 is 0 Å². The molecule has 0 aromatic heterocycles. The number of carbonyl (C=O) groups is 1. The Morgan fingerprint density at radius 3 is 1.42 bits per heavy atom. The van der Waals surface area contributed by atoms with Gasteiger partial charge in [-0.15, -0.1) is 6.58 Å². The molecule has 5 heteroatoms. The van der Waals surface area contributed by atoms with E-state index in [1.165, 1.54) is 0 Å². The van der Waals surface area contributed by atoms with Crippen molar-refractivity contribution in [1.82, 2.24) is 0 Å². The number of carbonyl (C=O) groups excluding carboxylic acids is 1. The number of nitrogens with zero attached hydrogens (tertiary/aromatic N) is 1. The molecule has 0 aliphatic heterocycles. The molecule has 0 spiro atoms. The van der Waals surface area contributed by atoms with Gasteiger partial charge >= 0.3 is 0 Å². The zero-order chi connectivity index (χ0) is 15.0. The zero-order valence-corrected chi connectivity index (χ0v) is 12.9. The van der Waals surface area contributed by atoms with Crippen molar-refractivity contribution in [3.05, 3.63) is 50.6 Å². The Balaban J connectivity index is -0.0000000964. The van der Waals surface area contributed by atoms with Crippen LogP contribution in [-0.4, -0.2) is 44.1 Å². The van der Waals surface area contributed by atoms with Crippen molar-refractivity contribution in [2.75, 3.05) is 33.7 Å². The molecule has 4 N–H and O–H groups in total. The van der Waals surface area contributed by atoms with E-state index in [1.54, 1.807) is 6.08 Å². The molecule has 0 rings (SSSR count). The van der Waals surface area contributed by atoms with Gasteiger partial charge < -0.3 is 28.4 Å². The van der Waals surface area contributed by atoms with Crippen molar-refractivity contribution in [3.63, 3.8) is 0 Å². The van der Waals surface area contributed by atoms with Gasteiger partial charge in [0.25, 0.3) is 0 Å². The van der Waals surface area contributed by atoms with E-state index in [0.717, 1.165) is 23.6 Å². The standard InChI is InChI=1S/C8H16N.C3H5NO.C3H7N.ClH/c1-5-7-9(3,4)8-6-2;1-2-3(4)5;1-2-3-4;/h5-6H,1-2,7-8H2,3-4H3;2H,1H2,(H2,4,5);2H,1,3-4H2;1H/q+1;;;/p-1. The highest BCUT2D eigenvalue weighted by molar-refractivity contribution is 5.84. The summed E-state index contributed by atoms with van der Waals surface area (Å²) >= 11 is 0. The molecule has 0 saturated carbocycles. The van der Waals surface area contributed by atoms with E-state index < -0.39 is 5.91 Å². The van der Waals surface area contributed by atoms with Crippen LogP contribution in [-0.2, 0) is 4.79 Å². The van der Waals surface area contributed by atoms with Crippen molar-refractivity contribution in [1.29, 1.82) is 0 Å². The quantitative estimate of drug-likeness (QED) is 0.345. The molecule has 0 aliphatic rings. The largest absolute Gasteiger partial charge is 1.00 e. The summed E-state index contributed by atoms with van der Waals surface area (Å²) in [6.45, 7) is 16.4. The molecule has 0 fully saturated rings. The van der Waals surface area contributed by atoms with Crippen LogP contribution >= 0.6 is 0 Å². The van der Waals surface area contributed by atoms with Crippen molar-refractivity contribution < 1.29 is 21.7 Å². The molecular formula is C14H28ClN3O. The third-order valence-corrected chi connectivity index (χ3v) is 1.61. The Morgan fingerprint density at radius 1 is 1.05 bits per heavy atom. The Morgan fingerprint density at radius 2 is 1.32 bits per heavy atom. The predicted molar refractivity (Wildman–Crippen MR) is 80.9 cm³/mol. The number of rotatable bonds is 6. The molecule has 112 valence electrons. The lowest BCUT2D eigenvalue weighted by molar-refractivity contribution is -0.878. The molecule has 0 aromatic rings. The average molecular weight is 290 g/mol. The van der Waals surface area contributed by atoms with Crippen LogP contribution in [0, 0.1) is 0 Å². The minimum Gasteiger partial charge on any atom is -1.00 e. The van der Waals surface area contributed by atoms with Crippen LogP contribution in [0.5, 0.6) is 0 Å². The lowest BCUT2D eigenvalue weighted by Crippen LogP contribution is -3.00. The fourth-order valence-electron chi connectivity index (χ4n) is 0.774. The first-order valence-electron chi connectivity index (χ1n) is 5.57. The van der Waals surface area contributed by atoms with E-state index in [2.05, 4.69) is 46.1 Å². The van der Waals surface area contributed by atoms with Gasteiger partial charge in [0, 0.05) is 6.54 Å². The maximum atomic E-state index is 9.47. The van der Waals surface area contributed by atoms with Crippen LogP contribution in [0.2, 0.25) is 0 Å². The van der Waals surface area contributed by atoms with Gasteiger partial charge in [0.1, 0.15) is 0 Å². The first kappa shape index (κ1) is 26.3. The minimum atomic E-state index is -0.481. The molecule has 0 unspecified atom stereocenters. The molecule has 0 radical (unpaired) electrons. The normalized spacial score (nSPS) is 8.16. The molecule has 1 amide bonds. The highest BCUT2D eigenvalue weighted by Gasteiger charge is 2.07. The van der Waals surface area contributed by atoms with Gasteiger partial charge in [0.15, 0.2) is 0 Å². The number of hydrogen-bond acceptors (Lipinski definition) is 2. The molecule has 0 aromatic carbocycles. The van der Waals surface area contributed by atoms with E-state index in [9.17, 15) is 4.79 Å². The monoisotopic (exact) mass is 289 g/mol. The van der Waals surface area contributed by atoms with Crippen molar-refractivity contribution in [3.8, 4) is 0 Å². The molecule has 0 atom stereocenters. The second kappa shape index (κ2) is 19.0. The summed E-state index contributed by atoms with van der Waals surface area (Å²) in [6, 6.07) is 0. The van der Waals surface area contributed by atoms with Gasteiger partial charge in [-0.3, -0.25) is 4.79 Å². The molecule has 0 heterocycles. The third kappa shape index (κ3) is 38.4. The molecule has 19 heavy (non-hydrogen) atoms. The van der Waals surface area contributed by atoms with E-state index in [0.29, 0.717) is 6.54 Å². The van der Waals surface area contributed by atoms with Crippen LogP contribution in [0.1, 0.15) is 0 Å². The maximum Gasteiger partial charge on any atom is 0.240 e. The predicted octanol–water partition coefficient (Wildman–Crippen LogP) is -1.77. The fourth-order valence-corrected chi connectivity index (χ4v) is 0.774. The average Bonchev–Trinajstić information content (AvgIpc) is 2.30. The van der Waals surface area contributed by atoms with E-state index in [4.69, 9.17) is 5.73 Å². The first-order valence-corrected chi connectivity index (χ1v) is 5.57. The second-order valence-electron chi connectivity index (χ2n) is 4.01. The summed E-state index contributed by atoms with van der Waals surface area (Å²) < 4.78 is 0.951. The van der Waals surface area contributed by atoms with Gasteiger partial charge in [-0.1, -0.05) is 25.8 Å². The first-order chi connectivity index (χ1) is 8.31. The summed E-state index contributed by atoms with van der Waals surface area (Å²) in [7, 11) is 4.31. The van der Waals surface area contributed by atoms with Crippen LogP contribution in [0.3, 0.4) is 0 Å². The van der Waals surface area contributed by atoms with Crippen LogP contribution in [0.4, 0.5) is 0 Å². The van der Waals surface area contributed by atoms with Crippen molar-refractivity contribution in [2.45, 2.75) is 0 Å². The Bertz CT molecular complexity index is 251. The van der Waals surface area contributed by atoms with Crippen LogP contribution in [0.15, 0.2) is 50.6 Å². The summed E-state index contributed by atoms with van der Waals surface area (Å²) in [4.78, 5) is 9.47. The molecule has 0 bridgehead atoms. The number of likely N-dealkylation sites (N-methyl/N-ethyl adjacent to an activating group) is 1. The van der Waals surface area contributed by atoms with Crippen molar-refractivity contribution >= 4 is 5.91 Å². The fraction of sp³-hybridized carbons (Fsp3) is 0.357. The second-order valence-corrected chi connectivity index (χ2v) is 4.01.